The van der Waals surface area contributed by atoms with Gasteiger partial charge in [-0.3, -0.25) is 9.48 Å². The average molecular weight is 437 g/mol. The van der Waals surface area contributed by atoms with Crippen molar-refractivity contribution in [3.8, 4) is 0 Å². The van der Waals surface area contributed by atoms with Gasteiger partial charge in [0.1, 0.15) is 6.54 Å². The highest BCUT2D eigenvalue weighted by atomic mass is 35.5. The van der Waals surface area contributed by atoms with Gasteiger partial charge in [0.25, 0.3) is 6.43 Å². The minimum absolute atomic E-state index is 0.0647. The van der Waals surface area contributed by atoms with Crippen LogP contribution in [0.25, 0.3) is 11.0 Å². The Hall–Kier alpha value is -2.55. The predicted octanol–water partition coefficient (Wildman–Crippen LogP) is 4.08. The molecule has 0 bridgehead atoms. The fourth-order valence-electron chi connectivity index (χ4n) is 3.66. The van der Waals surface area contributed by atoms with Crippen molar-refractivity contribution in [2.75, 3.05) is 7.05 Å². The Morgan fingerprint density at radius 3 is 2.73 bits per heavy atom. The van der Waals surface area contributed by atoms with Gasteiger partial charge in [-0.2, -0.15) is 10.2 Å². The molecule has 0 aromatic carbocycles. The van der Waals surface area contributed by atoms with Crippen molar-refractivity contribution in [1.82, 2.24) is 29.4 Å². The lowest BCUT2D eigenvalue weighted by Crippen LogP contribution is -2.31. The number of likely N-dealkylation sites (N-methyl/N-ethyl adjacent to an activating group) is 1. The summed E-state index contributed by atoms with van der Waals surface area (Å²) in [4.78, 5) is 19.0. The summed E-state index contributed by atoms with van der Waals surface area (Å²) in [7, 11) is 1.66. The number of halogens is 3. The van der Waals surface area contributed by atoms with Crippen LogP contribution in [0.4, 0.5) is 8.78 Å². The van der Waals surface area contributed by atoms with Gasteiger partial charge < -0.3 is 4.90 Å². The molecule has 7 nitrogen and oxygen atoms in total. The third kappa shape index (κ3) is 3.78. The second-order valence-electron chi connectivity index (χ2n) is 7.66. The number of aryl methyl sites for hydroxylation is 2. The number of hydrogen-bond acceptors (Lipinski definition) is 4. The van der Waals surface area contributed by atoms with Crippen molar-refractivity contribution in [3.63, 3.8) is 0 Å². The molecule has 1 amide bonds. The molecule has 10 heteroatoms. The van der Waals surface area contributed by atoms with Crippen molar-refractivity contribution < 1.29 is 13.6 Å². The quantitative estimate of drug-likeness (QED) is 0.559. The number of carbonyl (C=O) groups is 1. The largest absolute Gasteiger partial charge is 0.338 e. The summed E-state index contributed by atoms with van der Waals surface area (Å²) < 4.78 is 30.6. The van der Waals surface area contributed by atoms with Crippen LogP contribution >= 0.6 is 11.6 Å². The Morgan fingerprint density at radius 1 is 1.37 bits per heavy atom. The molecule has 30 heavy (non-hydrogen) atoms. The van der Waals surface area contributed by atoms with Crippen LogP contribution in [0.5, 0.6) is 0 Å². The van der Waals surface area contributed by atoms with Crippen molar-refractivity contribution in [3.05, 3.63) is 39.9 Å². The molecule has 1 aliphatic rings. The summed E-state index contributed by atoms with van der Waals surface area (Å²) in [5.41, 5.74) is 2.11. The van der Waals surface area contributed by atoms with E-state index in [9.17, 15) is 13.6 Å². The van der Waals surface area contributed by atoms with Gasteiger partial charge in [-0.05, 0) is 32.8 Å². The fourth-order valence-corrected chi connectivity index (χ4v) is 3.86. The monoisotopic (exact) mass is 436 g/mol. The van der Waals surface area contributed by atoms with E-state index in [-0.39, 0.29) is 30.5 Å². The van der Waals surface area contributed by atoms with Crippen LogP contribution < -0.4 is 0 Å². The summed E-state index contributed by atoms with van der Waals surface area (Å²) >= 11 is 6.19. The third-order valence-corrected chi connectivity index (χ3v) is 5.77. The Labute approximate surface area is 177 Å². The predicted molar refractivity (Wildman–Crippen MR) is 109 cm³/mol. The maximum absolute atomic E-state index is 13.7. The molecule has 4 rings (SSSR count). The SMILES string of the molecule is CCn1ncc(Cl)c1CN(C)C(=O)Cn1nc(C)c2c(C(F)F)cc(C3CC3)nc21. The van der Waals surface area contributed by atoms with Crippen molar-refractivity contribution in [1.29, 1.82) is 0 Å². The second-order valence-corrected chi connectivity index (χ2v) is 8.06. The van der Waals surface area contributed by atoms with E-state index in [0.29, 0.717) is 34.0 Å². The normalized spacial score (nSPS) is 14.1. The second kappa shape index (κ2) is 7.94. The highest BCUT2D eigenvalue weighted by Crippen LogP contribution is 2.41. The van der Waals surface area contributed by atoms with Crippen LogP contribution in [0.2, 0.25) is 5.02 Å². The number of nitrogens with zero attached hydrogens (tertiary/aromatic N) is 6. The summed E-state index contributed by atoms with van der Waals surface area (Å²) in [5.74, 6) is -0.0121. The lowest BCUT2D eigenvalue weighted by molar-refractivity contribution is -0.131. The minimum atomic E-state index is -2.63. The zero-order valence-corrected chi connectivity index (χ0v) is 17.8. The molecule has 3 aromatic rings. The minimum Gasteiger partial charge on any atom is -0.338 e. The van der Waals surface area contributed by atoms with Gasteiger partial charge in [0.15, 0.2) is 5.65 Å². The van der Waals surface area contributed by atoms with E-state index < -0.39 is 6.43 Å². The molecule has 0 spiro atoms. The molecule has 0 radical (unpaired) electrons. The summed E-state index contributed by atoms with van der Waals surface area (Å²) in [6.07, 6.45) is 0.821. The molecular formula is C20H23ClF2N6O. The van der Waals surface area contributed by atoms with E-state index in [4.69, 9.17) is 11.6 Å². The number of aromatic nitrogens is 5. The topological polar surface area (TPSA) is 68.8 Å². The molecule has 1 aliphatic carbocycles. The smallest absolute Gasteiger partial charge is 0.264 e. The number of alkyl halides is 2. The Kier molecular flexibility index (Phi) is 5.48. The molecule has 0 aliphatic heterocycles. The van der Waals surface area contributed by atoms with Gasteiger partial charge in [-0.15, -0.1) is 0 Å². The number of rotatable bonds is 7. The highest BCUT2D eigenvalue weighted by molar-refractivity contribution is 6.31. The zero-order valence-electron chi connectivity index (χ0n) is 17.1. The molecule has 0 saturated heterocycles. The van der Waals surface area contributed by atoms with E-state index in [0.717, 1.165) is 18.5 Å². The van der Waals surface area contributed by atoms with Crippen LogP contribution in [0.3, 0.4) is 0 Å². The summed E-state index contributed by atoms with van der Waals surface area (Å²) in [6, 6.07) is 1.49. The Morgan fingerprint density at radius 2 is 2.10 bits per heavy atom. The first-order valence-corrected chi connectivity index (χ1v) is 10.3. The van der Waals surface area contributed by atoms with Crippen molar-refractivity contribution in [2.45, 2.75) is 58.7 Å². The van der Waals surface area contributed by atoms with E-state index in [2.05, 4.69) is 15.2 Å². The first-order chi connectivity index (χ1) is 14.3. The maximum Gasteiger partial charge on any atom is 0.264 e. The first kappa shape index (κ1) is 20.7. The number of carbonyl (C=O) groups excluding carboxylic acids is 1. The molecule has 160 valence electrons. The maximum atomic E-state index is 13.7. The molecular weight excluding hydrogens is 414 g/mol. The van der Waals surface area contributed by atoms with E-state index in [1.54, 1.807) is 24.9 Å². The Bertz CT molecular complexity index is 1100. The molecule has 1 saturated carbocycles. The molecule has 3 aromatic heterocycles. The van der Waals surface area contributed by atoms with Crippen LogP contribution in [-0.2, 0) is 24.4 Å². The molecule has 0 N–H and O–H groups in total. The van der Waals surface area contributed by atoms with Crippen molar-refractivity contribution in [2.24, 2.45) is 0 Å². The van der Waals surface area contributed by atoms with E-state index in [1.807, 2.05) is 6.92 Å². The van der Waals surface area contributed by atoms with Gasteiger partial charge in [0, 0.05) is 30.8 Å². The molecule has 0 unspecified atom stereocenters. The molecule has 1 fully saturated rings. The summed E-state index contributed by atoms with van der Waals surface area (Å²) in [6.45, 7) is 4.43. The van der Waals surface area contributed by atoms with Gasteiger partial charge >= 0.3 is 0 Å². The number of hydrogen-bond donors (Lipinski definition) is 0. The molecule has 3 heterocycles. The number of fused-ring (bicyclic) bond motifs is 1. The van der Waals surface area contributed by atoms with Crippen LogP contribution in [0.15, 0.2) is 12.3 Å². The van der Waals surface area contributed by atoms with Crippen molar-refractivity contribution >= 4 is 28.5 Å². The standard InChI is InChI=1S/C20H23ClF2N6O/c1-4-28-16(14(21)8-24-28)9-27(3)17(30)10-29-20-18(11(2)26-29)13(19(22)23)7-15(25-20)12-5-6-12/h7-8,12,19H,4-6,9-10H2,1-3H3. The van der Waals surface area contributed by atoms with Gasteiger partial charge in [-0.25, -0.2) is 18.4 Å². The van der Waals surface area contributed by atoms with Gasteiger partial charge in [0.05, 0.1) is 34.5 Å². The zero-order chi connectivity index (χ0) is 21.6. The van der Waals surface area contributed by atoms with Crippen LogP contribution in [0.1, 0.15) is 54.8 Å². The Balaban J connectivity index is 1.63. The lowest BCUT2D eigenvalue weighted by Gasteiger charge is -2.18. The van der Waals surface area contributed by atoms with Crippen LogP contribution in [0, 0.1) is 6.92 Å². The first-order valence-electron chi connectivity index (χ1n) is 9.90. The number of pyridine rings is 1. The highest BCUT2D eigenvalue weighted by Gasteiger charge is 2.29. The lowest BCUT2D eigenvalue weighted by atomic mass is 10.1. The third-order valence-electron chi connectivity index (χ3n) is 5.45. The average Bonchev–Trinajstić information content (AvgIpc) is 3.44. The van der Waals surface area contributed by atoms with Gasteiger partial charge in [-0.1, -0.05) is 11.6 Å². The van der Waals surface area contributed by atoms with E-state index >= 15 is 0 Å². The van der Waals surface area contributed by atoms with E-state index in [1.165, 1.54) is 15.6 Å². The number of amides is 1. The van der Waals surface area contributed by atoms with Crippen LogP contribution in [-0.4, -0.2) is 42.4 Å². The van der Waals surface area contributed by atoms with Gasteiger partial charge in [0.2, 0.25) is 5.91 Å². The summed E-state index contributed by atoms with van der Waals surface area (Å²) in [5, 5.41) is 9.36. The fraction of sp³-hybridized carbons (Fsp3) is 0.500. The molecule has 0 atom stereocenters.